The van der Waals surface area contributed by atoms with Crippen LogP contribution < -0.4 is 5.56 Å². The second kappa shape index (κ2) is 6.81. The van der Waals surface area contributed by atoms with Crippen molar-refractivity contribution in [3.05, 3.63) is 106 Å². The number of hydrogen-bond acceptors (Lipinski definition) is 2. The summed E-state index contributed by atoms with van der Waals surface area (Å²) in [6.45, 7) is 2.02. The minimum atomic E-state index is -0.0612. The molecule has 0 saturated heterocycles. The number of hydrogen-bond donors (Lipinski definition) is 0. The van der Waals surface area contributed by atoms with Gasteiger partial charge in [-0.3, -0.25) is 9.36 Å². The third-order valence-corrected chi connectivity index (χ3v) is 4.29. The Bertz CT molecular complexity index is 1160. The van der Waals surface area contributed by atoms with E-state index in [9.17, 15) is 4.79 Å². The predicted octanol–water partition coefficient (Wildman–Crippen LogP) is 4.86. The third-order valence-electron chi connectivity index (χ3n) is 4.29. The summed E-state index contributed by atoms with van der Waals surface area (Å²) in [6, 6.07) is 25.4. The van der Waals surface area contributed by atoms with Gasteiger partial charge in [0.1, 0.15) is 5.82 Å². The molecule has 4 aromatic rings. The summed E-state index contributed by atoms with van der Waals surface area (Å²) in [4.78, 5) is 17.9. The number of fused-ring (bicyclic) bond motifs is 1. The number of rotatable bonds is 3. The molecule has 4 rings (SSSR count). The fourth-order valence-electron chi connectivity index (χ4n) is 3.01. The molecule has 1 heterocycles. The first-order chi connectivity index (χ1) is 12.7. The van der Waals surface area contributed by atoms with Gasteiger partial charge in [-0.15, -0.1) is 0 Å². The molecule has 3 nitrogen and oxygen atoms in total. The highest BCUT2D eigenvalue weighted by Gasteiger charge is 2.10. The van der Waals surface area contributed by atoms with E-state index in [-0.39, 0.29) is 5.56 Å². The van der Waals surface area contributed by atoms with Gasteiger partial charge in [0.05, 0.1) is 16.6 Å². The summed E-state index contributed by atoms with van der Waals surface area (Å²) in [6.07, 6.45) is 3.87. The van der Waals surface area contributed by atoms with Crippen molar-refractivity contribution in [1.82, 2.24) is 9.55 Å². The smallest absolute Gasteiger partial charge is 0.266 e. The number of benzene rings is 3. The maximum atomic E-state index is 13.2. The molecule has 1 aromatic heterocycles. The first kappa shape index (κ1) is 16.0. The van der Waals surface area contributed by atoms with Crippen LogP contribution in [-0.2, 0) is 0 Å². The maximum Gasteiger partial charge on any atom is 0.266 e. The molecule has 0 bridgehead atoms. The van der Waals surface area contributed by atoms with E-state index in [0.29, 0.717) is 16.7 Å². The maximum absolute atomic E-state index is 13.2. The Morgan fingerprint density at radius 3 is 2.42 bits per heavy atom. The molecule has 3 aromatic carbocycles. The van der Waals surface area contributed by atoms with Crippen molar-refractivity contribution in [1.29, 1.82) is 0 Å². The van der Waals surface area contributed by atoms with Crippen LogP contribution in [0.15, 0.2) is 83.7 Å². The van der Waals surface area contributed by atoms with Crippen molar-refractivity contribution in [3.8, 4) is 5.69 Å². The fraction of sp³-hybridized carbons (Fsp3) is 0.0435. The van der Waals surface area contributed by atoms with Crippen LogP contribution >= 0.6 is 0 Å². The lowest BCUT2D eigenvalue weighted by atomic mass is 10.2. The summed E-state index contributed by atoms with van der Waals surface area (Å²) < 4.78 is 1.68. The topological polar surface area (TPSA) is 34.9 Å². The highest BCUT2D eigenvalue weighted by atomic mass is 16.1. The molecule has 0 fully saturated rings. The molecule has 0 N–H and O–H groups in total. The Labute approximate surface area is 151 Å². The van der Waals surface area contributed by atoms with Crippen LogP contribution in [0.25, 0.3) is 28.7 Å². The molecule has 0 aliphatic carbocycles. The summed E-state index contributed by atoms with van der Waals surface area (Å²) >= 11 is 0. The lowest BCUT2D eigenvalue weighted by Gasteiger charge is -2.12. The van der Waals surface area contributed by atoms with Crippen LogP contribution in [0.2, 0.25) is 0 Å². The van der Waals surface area contributed by atoms with Gasteiger partial charge in [-0.1, -0.05) is 60.7 Å². The van der Waals surface area contributed by atoms with E-state index in [4.69, 9.17) is 4.98 Å². The van der Waals surface area contributed by atoms with Crippen LogP contribution in [0.5, 0.6) is 0 Å². The molecular weight excluding hydrogens is 320 g/mol. The van der Waals surface area contributed by atoms with Crippen LogP contribution in [0, 0.1) is 6.92 Å². The molecule has 0 amide bonds. The van der Waals surface area contributed by atoms with E-state index in [2.05, 4.69) is 0 Å². The quantitative estimate of drug-likeness (QED) is 0.534. The standard InChI is InChI=1S/C23H18N2O/c1-17-8-7-11-19(16-17)25-22(15-14-18-9-3-2-4-10-18)24-21-13-6-5-12-20(21)23(25)26/h2-16H,1H3. The summed E-state index contributed by atoms with van der Waals surface area (Å²) in [5, 5.41) is 0.617. The van der Waals surface area contributed by atoms with Crippen molar-refractivity contribution in [2.24, 2.45) is 0 Å². The van der Waals surface area contributed by atoms with Crippen LogP contribution in [0.1, 0.15) is 17.0 Å². The van der Waals surface area contributed by atoms with E-state index in [1.54, 1.807) is 4.57 Å². The monoisotopic (exact) mass is 338 g/mol. The first-order valence-corrected chi connectivity index (χ1v) is 8.54. The summed E-state index contributed by atoms with van der Waals surface area (Å²) in [5.74, 6) is 0.614. The third kappa shape index (κ3) is 3.07. The van der Waals surface area contributed by atoms with Gasteiger partial charge in [0.15, 0.2) is 0 Å². The van der Waals surface area contributed by atoms with Crippen LogP contribution in [0.3, 0.4) is 0 Å². The minimum Gasteiger partial charge on any atom is -0.268 e. The van der Waals surface area contributed by atoms with E-state index < -0.39 is 0 Å². The van der Waals surface area contributed by atoms with Crippen molar-refractivity contribution in [2.75, 3.05) is 0 Å². The van der Waals surface area contributed by atoms with E-state index >= 15 is 0 Å². The van der Waals surface area contributed by atoms with E-state index in [0.717, 1.165) is 16.8 Å². The zero-order valence-corrected chi connectivity index (χ0v) is 14.5. The van der Waals surface area contributed by atoms with Gasteiger partial charge in [0.25, 0.3) is 5.56 Å². The molecular formula is C23H18N2O. The highest BCUT2D eigenvalue weighted by Crippen LogP contribution is 2.16. The average Bonchev–Trinajstić information content (AvgIpc) is 2.67. The lowest BCUT2D eigenvalue weighted by molar-refractivity contribution is 0.942. The van der Waals surface area contributed by atoms with Gasteiger partial charge < -0.3 is 0 Å². The summed E-state index contributed by atoms with van der Waals surface area (Å²) in [7, 11) is 0. The van der Waals surface area contributed by atoms with Gasteiger partial charge in [0, 0.05) is 0 Å². The normalized spacial score (nSPS) is 11.3. The van der Waals surface area contributed by atoms with Crippen LogP contribution in [0.4, 0.5) is 0 Å². The van der Waals surface area contributed by atoms with Gasteiger partial charge in [-0.25, -0.2) is 4.98 Å². The Morgan fingerprint density at radius 2 is 1.62 bits per heavy atom. The second-order valence-corrected chi connectivity index (χ2v) is 6.21. The van der Waals surface area contributed by atoms with Gasteiger partial charge in [0.2, 0.25) is 0 Å². The lowest BCUT2D eigenvalue weighted by Crippen LogP contribution is -2.22. The van der Waals surface area contributed by atoms with E-state index in [1.807, 2.05) is 97.9 Å². The SMILES string of the molecule is Cc1cccc(-n2c(C=Cc3ccccc3)nc3ccccc3c2=O)c1. The molecule has 26 heavy (non-hydrogen) atoms. The molecule has 3 heteroatoms. The van der Waals surface area contributed by atoms with Gasteiger partial charge in [-0.2, -0.15) is 0 Å². The Kier molecular flexibility index (Phi) is 4.20. The van der Waals surface area contributed by atoms with Gasteiger partial charge in [-0.05, 0) is 48.4 Å². The summed E-state index contributed by atoms with van der Waals surface area (Å²) in [5.41, 5.74) is 3.62. The largest absolute Gasteiger partial charge is 0.268 e. The molecule has 0 aliphatic heterocycles. The zero-order valence-electron chi connectivity index (χ0n) is 14.5. The Hall–Kier alpha value is -3.46. The van der Waals surface area contributed by atoms with Crippen molar-refractivity contribution in [2.45, 2.75) is 6.92 Å². The molecule has 0 aliphatic rings. The number of aryl methyl sites for hydroxylation is 1. The number of nitrogens with zero attached hydrogens (tertiary/aromatic N) is 2. The molecule has 0 saturated carbocycles. The minimum absolute atomic E-state index is 0.0612. The number of aromatic nitrogens is 2. The zero-order chi connectivity index (χ0) is 17.9. The Balaban J connectivity index is 1.97. The predicted molar refractivity (Wildman–Crippen MR) is 107 cm³/mol. The van der Waals surface area contributed by atoms with Crippen molar-refractivity contribution >= 4 is 23.1 Å². The fourth-order valence-corrected chi connectivity index (χ4v) is 3.01. The van der Waals surface area contributed by atoms with Crippen molar-refractivity contribution in [3.63, 3.8) is 0 Å². The molecule has 126 valence electrons. The highest BCUT2D eigenvalue weighted by molar-refractivity contribution is 5.80. The molecule has 0 unspecified atom stereocenters. The average molecular weight is 338 g/mol. The first-order valence-electron chi connectivity index (χ1n) is 8.54. The number of para-hydroxylation sites is 1. The van der Waals surface area contributed by atoms with Crippen molar-refractivity contribution < 1.29 is 0 Å². The molecule has 0 radical (unpaired) electrons. The molecule has 0 atom stereocenters. The second-order valence-electron chi connectivity index (χ2n) is 6.21. The van der Waals surface area contributed by atoms with Crippen LogP contribution in [-0.4, -0.2) is 9.55 Å². The van der Waals surface area contributed by atoms with E-state index in [1.165, 1.54) is 0 Å². The Morgan fingerprint density at radius 1 is 0.846 bits per heavy atom. The molecule has 0 spiro atoms. The van der Waals surface area contributed by atoms with Gasteiger partial charge >= 0.3 is 0 Å².